The molecule has 0 spiro atoms. The summed E-state index contributed by atoms with van der Waals surface area (Å²) in [6.07, 6.45) is 3.27. The highest BCUT2D eigenvalue weighted by Crippen LogP contribution is 2.12. The number of ether oxygens (including phenoxy) is 1. The number of alkyl carbamates (subject to hydrolysis) is 1. The molecule has 142 valence electrons. The molecule has 0 aliphatic rings. The first kappa shape index (κ1) is 20.2. The summed E-state index contributed by atoms with van der Waals surface area (Å²) in [4.78, 5) is 27.9. The van der Waals surface area contributed by atoms with Gasteiger partial charge in [0.2, 0.25) is 5.91 Å². The number of carbonyl (C=O) groups is 2. The van der Waals surface area contributed by atoms with Crippen LogP contribution in [0.3, 0.4) is 0 Å². The summed E-state index contributed by atoms with van der Waals surface area (Å²) in [5.74, 6) is -0.326. The Bertz CT molecular complexity index is 821. The van der Waals surface area contributed by atoms with Crippen LogP contribution < -0.4 is 10.6 Å². The fraction of sp³-hybridized carbons (Fsp3) is 0.286. The van der Waals surface area contributed by atoms with Crippen molar-refractivity contribution in [1.29, 1.82) is 0 Å². The largest absolute Gasteiger partial charge is 0.444 e. The minimum Gasteiger partial charge on any atom is -0.444 e. The standard InChI is InChI=1S/C21H25N3O3/c1-15-6-5-7-17(23-15)11-8-16-9-12-18(13-10-16)24-19(25)14-22-20(26)27-21(2,3)4/h5-13H,14H2,1-4H3,(H,22,26)(H,24,25). The summed E-state index contributed by atoms with van der Waals surface area (Å²) in [5.41, 5.74) is 2.90. The molecule has 0 saturated carbocycles. The lowest BCUT2D eigenvalue weighted by Crippen LogP contribution is -2.37. The van der Waals surface area contributed by atoms with Crippen molar-refractivity contribution in [3.05, 3.63) is 59.4 Å². The third kappa shape index (κ3) is 7.73. The van der Waals surface area contributed by atoms with Crippen molar-refractivity contribution in [2.24, 2.45) is 0 Å². The summed E-state index contributed by atoms with van der Waals surface area (Å²) in [6, 6.07) is 13.2. The van der Waals surface area contributed by atoms with E-state index < -0.39 is 11.7 Å². The van der Waals surface area contributed by atoms with Crippen molar-refractivity contribution in [2.75, 3.05) is 11.9 Å². The third-order valence-electron chi connectivity index (χ3n) is 3.34. The minimum atomic E-state index is -0.622. The highest BCUT2D eigenvalue weighted by Gasteiger charge is 2.16. The van der Waals surface area contributed by atoms with Gasteiger partial charge >= 0.3 is 6.09 Å². The van der Waals surface area contributed by atoms with E-state index in [0.717, 1.165) is 17.0 Å². The average molecular weight is 367 g/mol. The number of hydrogen-bond acceptors (Lipinski definition) is 4. The second-order valence-corrected chi connectivity index (χ2v) is 7.06. The molecule has 27 heavy (non-hydrogen) atoms. The van der Waals surface area contributed by atoms with E-state index in [1.54, 1.807) is 32.9 Å². The average Bonchev–Trinajstić information content (AvgIpc) is 2.58. The lowest BCUT2D eigenvalue weighted by atomic mass is 10.1. The molecule has 2 rings (SSSR count). The molecule has 6 heteroatoms. The van der Waals surface area contributed by atoms with Gasteiger partial charge in [0.05, 0.1) is 5.69 Å². The van der Waals surface area contributed by atoms with Crippen LogP contribution in [0.4, 0.5) is 10.5 Å². The summed E-state index contributed by atoms with van der Waals surface area (Å²) in [7, 11) is 0. The van der Waals surface area contributed by atoms with Gasteiger partial charge in [0, 0.05) is 11.4 Å². The Morgan fingerprint density at radius 3 is 2.41 bits per heavy atom. The molecule has 1 aromatic carbocycles. The fourth-order valence-corrected chi connectivity index (χ4v) is 2.19. The van der Waals surface area contributed by atoms with Crippen molar-refractivity contribution in [1.82, 2.24) is 10.3 Å². The summed E-state index contributed by atoms with van der Waals surface area (Å²) < 4.78 is 5.08. The van der Waals surface area contributed by atoms with Crippen LogP contribution >= 0.6 is 0 Å². The van der Waals surface area contributed by atoms with E-state index in [1.807, 2.05) is 49.4 Å². The molecule has 0 atom stereocenters. The van der Waals surface area contributed by atoms with Crippen LogP contribution in [0.15, 0.2) is 42.5 Å². The van der Waals surface area contributed by atoms with Gasteiger partial charge in [0.15, 0.2) is 0 Å². The van der Waals surface area contributed by atoms with E-state index in [1.165, 1.54) is 0 Å². The number of nitrogens with zero attached hydrogens (tertiary/aromatic N) is 1. The van der Waals surface area contributed by atoms with Crippen molar-refractivity contribution >= 4 is 29.8 Å². The molecule has 0 fully saturated rings. The molecule has 0 aliphatic heterocycles. The minimum absolute atomic E-state index is 0.157. The Morgan fingerprint density at radius 2 is 1.78 bits per heavy atom. The van der Waals surface area contributed by atoms with E-state index in [-0.39, 0.29) is 12.5 Å². The molecule has 0 bridgehead atoms. The fourth-order valence-electron chi connectivity index (χ4n) is 2.19. The molecule has 0 unspecified atom stereocenters. The molecule has 6 nitrogen and oxygen atoms in total. The van der Waals surface area contributed by atoms with Gasteiger partial charge in [0.1, 0.15) is 12.1 Å². The van der Waals surface area contributed by atoms with Crippen molar-refractivity contribution < 1.29 is 14.3 Å². The Morgan fingerprint density at radius 1 is 1.07 bits per heavy atom. The number of benzene rings is 1. The Labute approximate surface area is 159 Å². The number of aromatic nitrogens is 1. The molecule has 1 aromatic heterocycles. The van der Waals surface area contributed by atoms with Crippen LogP contribution in [-0.4, -0.2) is 29.1 Å². The lowest BCUT2D eigenvalue weighted by Gasteiger charge is -2.19. The predicted octanol–water partition coefficient (Wildman–Crippen LogP) is 4.02. The zero-order valence-electron chi connectivity index (χ0n) is 16.1. The Balaban J connectivity index is 1.84. The number of aryl methyl sites for hydroxylation is 1. The van der Waals surface area contributed by atoms with E-state index >= 15 is 0 Å². The van der Waals surface area contributed by atoms with Crippen molar-refractivity contribution in [2.45, 2.75) is 33.3 Å². The zero-order chi connectivity index (χ0) is 19.9. The van der Waals surface area contributed by atoms with E-state index in [9.17, 15) is 9.59 Å². The van der Waals surface area contributed by atoms with Gasteiger partial charge in [0.25, 0.3) is 0 Å². The van der Waals surface area contributed by atoms with Crippen LogP contribution in [0.1, 0.15) is 37.7 Å². The summed E-state index contributed by atoms with van der Waals surface area (Å²) >= 11 is 0. The molecule has 0 saturated heterocycles. The quantitative estimate of drug-likeness (QED) is 0.836. The predicted molar refractivity (Wildman–Crippen MR) is 107 cm³/mol. The number of carbonyl (C=O) groups excluding carboxylic acids is 2. The van der Waals surface area contributed by atoms with Gasteiger partial charge in [-0.3, -0.25) is 9.78 Å². The number of rotatable bonds is 5. The maximum atomic E-state index is 11.9. The van der Waals surface area contributed by atoms with Crippen LogP contribution in [-0.2, 0) is 9.53 Å². The van der Waals surface area contributed by atoms with Gasteiger partial charge in [-0.15, -0.1) is 0 Å². The van der Waals surface area contributed by atoms with Gasteiger partial charge < -0.3 is 15.4 Å². The smallest absolute Gasteiger partial charge is 0.408 e. The first-order valence-corrected chi connectivity index (χ1v) is 8.70. The second-order valence-electron chi connectivity index (χ2n) is 7.06. The maximum Gasteiger partial charge on any atom is 0.408 e. The molecule has 0 radical (unpaired) electrons. The first-order valence-electron chi connectivity index (χ1n) is 8.70. The molecule has 1 heterocycles. The molecule has 2 amide bonds. The number of amides is 2. The SMILES string of the molecule is Cc1cccc(C=Cc2ccc(NC(=O)CNC(=O)OC(C)(C)C)cc2)n1. The maximum absolute atomic E-state index is 11.9. The van der Waals surface area contributed by atoms with E-state index in [4.69, 9.17) is 4.74 Å². The Kier molecular flexibility index (Phi) is 6.71. The number of hydrogen-bond donors (Lipinski definition) is 2. The van der Waals surface area contributed by atoms with Gasteiger partial charge in [-0.2, -0.15) is 0 Å². The summed E-state index contributed by atoms with van der Waals surface area (Å²) in [5, 5.41) is 5.15. The van der Waals surface area contributed by atoms with Gasteiger partial charge in [-0.1, -0.05) is 24.3 Å². The van der Waals surface area contributed by atoms with E-state index in [0.29, 0.717) is 5.69 Å². The highest BCUT2D eigenvalue weighted by molar-refractivity contribution is 5.94. The molecule has 2 aromatic rings. The number of pyridine rings is 1. The molecular weight excluding hydrogens is 342 g/mol. The van der Waals surface area contributed by atoms with Crippen LogP contribution in [0.2, 0.25) is 0 Å². The topological polar surface area (TPSA) is 80.3 Å². The van der Waals surface area contributed by atoms with Crippen LogP contribution in [0.5, 0.6) is 0 Å². The number of anilines is 1. The molecule has 2 N–H and O–H groups in total. The monoisotopic (exact) mass is 367 g/mol. The normalized spacial score (nSPS) is 11.3. The number of nitrogens with one attached hydrogen (secondary N) is 2. The van der Waals surface area contributed by atoms with Gasteiger partial charge in [-0.25, -0.2) is 4.79 Å². The Hall–Kier alpha value is -3.15. The van der Waals surface area contributed by atoms with Crippen LogP contribution in [0.25, 0.3) is 12.2 Å². The van der Waals surface area contributed by atoms with Crippen molar-refractivity contribution in [3.8, 4) is 0 Å². The third-order valence-corrected chi connectivity index (χ3v) is 3.34. The van der Waals surface area contributed by atoms with Crippen molar-refractivity contribution in [3.63, 3.8) is 0 Å². The second kappa shape index (κ2) is 8.98. The first-order chi connectivity index (χ1) is 12.7. The highest BCUT2D eigenvalue weighted by atomic mass is 16.6. The van der Waals surface area contributed by atoms with Gasteiger partial charge in [-0.05, 0) is 63.6 Å². The molecule has 0 aliphatic carbocycles. The molecular formula is C21H25N3O3. The van der Waals surface area contributed by atoms with Crippen LogP contribution in [0, 0.1) is 6.92 Å². The lowest BCUT2D eigenvalue weighted by molar-refractivity contribution is -0.115. The zero-order valence-corrected chi connectivity index (χ0v) is 16.1. The summed E-state index contributed by atoms with van der Waals surface area (Å²) in [6.45, 7) is 7.08. The van der Waals surface area contributed by atoms with E-state index in [2.05, 4.69) is 15.6 Å².